The third kappa shape index (κ3) is 4.09. The molecule has 0 saturated heterocycles. The second-order valence-electron chi connectivity index (χ2n) is 5.03. The standard InChI is InChI=1S/C14H19N3O2S2/c1-17(2)7-9-3-4-10(21-9)8-20-6-5-16-12-11(15)13(18)14(12)19/h3-4,16H,5-8,15H2,1-2H3. The van der Waals surface area contributed by atoms with Crippen LogP contribution in [0.25, 0.3) is 0 Å². The lowest BCUT2D eigenvalue weighted by Gasteiger charge is -2.09. The lowest BCUT2D eigenvalue weighted by Crippen LogP contribution is -2.37. The normalized spacial score (nSPS) is 11.4. The largest absolute Gasteiger partial charge is 0.394 e. The smallest absolute Gasteiger partial charge is 0.253 e. The molecule has 114 valence electrons. The zero-order chi connectivity index (χ0) is 15.4. The Morgan fingerprint density at radius 3 is 2.62 bits per heavy atom. The van der Waals surface area contributed by atoms with Crippen molar-refractivity contribution in [2.24, 2.45) is 0 Å². The van der Waals surface area contributed by atoms with Crippen LogP contribution in [0.4, 0.5) is 11.4 Å². The highest BCUT2D eigenvalue weighted by Crippen LogP contribution is 2.22. The van der Waals surface area contributed by atoms with E-state index in [1.165, 1.54) is 9.75 Å². The second kappa shape index (κ2) is 7.11. The first-order chi connectivity index (χ1) is 9.99. The summed E-state index contributed by atoms with van der Waals surface area (Å²) in [6.45, 7) is 1.61. The van der Waals surface area contributed by atoms with Gasteiger partial charge < -0.3 is 16.0 Å². The van der Waals surface area contributed by atoms with E-state index in [0.717, 1.165) is 18.1 Å². The summed E-state index contributed by atoms with van der Waals surface area (Å²) in [5.74, 6) is 1.82. The average Bonchev–Trinajstić information content (AvgIpc) is 2.88. The molecule has 0 aliphatic heterocycles. The summed E-state index contributed by atoms with van der Waals surface area (Å²) in [4.78, 5) is 27.0. The predicted octanol–water partition coefficient (Wildman–Crippen LogP) is 1.33. The first-order valence-corrected chi connectivity index (χ1v) is 8.59. The minimum Gasteiger partial charge on any atom is -0.394 e. The molecule has 7 heteroatoms. The molecule has 0 amide bonds. The summed E-state index contributed by atoms with van der Waals surface area (Å²) < 4.78 is 0. The maximum absolute atomic E-state index is 11.2. The number of anilines is 2. The monoisotopic (exact) mass is 325 g/mol. The van der Waals surface area contributed by atoms with E-state index in [0.29, 0.717) is 6.54 Å². The van der Waals surface area contributed by atoms with Gasteiger partial charge in [-0.3, -0.25) is 9.59 Å². The molecule has 1 heterocycles. The molecule has 0 bridgehead atoms. The molecular weight excluding hydrogens is 306 g/mol. The van der Waals surface area contributed by atoms with Crippen LogP contribution in [0.3, 0.4) is 0 Å². The van der Waals surface area contributed by atoms with Crippen LogP contribution >= 0.6 is 23.1 Å². The zero-order valence-corrected chi connectivity index (χ0v) is 13.8. The van der Waals surface area contributed by atoms with Crippen molar-refractivity contribution in [1.82, 2.24) is 4.90 Å². The van der Waals surface area contributed by atoms with Crippen LogP contribution in [0.5, 0.6) is 0 Å². The molecule has 0 radical (unpaired) electrons. The maximum Gasteiger partial charge on any atom is 0.253 e. The number of thioether (sulfide) groups is 1. The van der Waals surface area contributed by atoms with E-state index >= 15 is 0 Å². The Morgan fingerprint density at radius 1 is 1.24 bits per heavy atom. The molecule has 0 saturated carbocycles. The van der Waals surface area contributed by atoms with Gasteiger partial charge in [-0.05, 0) is 26.2 Å². The number of rotatable bonds is 8. The molecule has 1 aromatic heterocycles. The summed E-state index contributed by atoms with van der Waals surface area (Å²) in [6.07, 6.45) is 0. The molecular formula is C14H19N3O2S2. The summed E-state index contributed by atoms with van der Waals surface area (Å²) >= 11 is 3.62. The Bertz CT molecular complexity index is 672. The molecule has 21 heavy (non-hydrogen) atoms. The van der Waals surface area contributed by atoms with Crippen LogP contribution in [-0.2, 0) is 12.3 Å². The number of nitrogen functional groups attached to an aromatic ring is 1. The quantitative estimate of drug-likeness (QED) is 0.563. The van der Waals surface area contributed by atoms with E-state index in [4.69, 9.17) is 5.73 Å². The van der Waals surface area contributed by atoms with Crippen LogP contribution < -0.4 is 21.9 Å². The van der Waals surface area contributed by atoms with E-state index in [-0.39, 0.29) is 11.4 Å². The Hall–Kier alpha value is -1.31. The van der Waals surface area contributed by atoms with Crippen molar-refractivity contribution in [1.29, 1.82) is 0 Å². The molecule has 0 spiro atoms. The number of hydrogen-bond donors (Lipinski definition) is 2. The van der Waals surface area contributed by atoms with Crippen molar-refractivity contribution in [3.8, 4) is 0 Å². The van der Waals surface area contributed by atoms with Gasteiger partial charge in [-0.15, -0.1) is 11.3 Å². The molecule has 3 N–H and O–H groups in total. The maximum atomic E-state index is 11.2. The van der Waals surface area contributed by atoms with Crippen LogP contribution in [-0.4, -0.2) is 31.3 Å². The Kier molecular flexibility index (Phi) is 5.44. The molecule has 0 atom stereocenters. The van der Waals surface area contributed by atoms with Gasteiger partial charge in [-0.2, -0.15) is 11.8 Å². The SMILES string of the molecule is CN(C)Cc1ccc(CSCCNc2c(N)c(=O)c2=O)s1. The number of hydrogen-bond acceptors (Lipinski definition) is 7. The summed E-state index contributed by atoms with van der Waals surface area (Å²) in [5.41, 5.74) is 4.72. The van der Waals surface area contributed by atoms with Gasteiger partial charge in [0.1, 0.15) is 11.4 Å². The molecule has 1 aromatic carbocycles. The number of nitrogens with two attached hydrogens (primary N) is 1. The molecule has 0 unspecified atom stereocenters. The lowest BCUT2D eigenvalue weighted by atomic mass is 10.2. The van der Waals surface area contributed by atoms with E-state index < -0.39 is 10.9 Å². The van der Waals surface area contributed by atoms with Crippen molar-refractivity contribution < 1.29 is 0 Å². The highest BCUT2D eigenvalue weighted by atomic mass is 32.2. The summed E-state index contributed by atoms with van der Waals surface area (Å²) in [5, 5.41) is 2.93. The molecule has 0 aliphatic rings. The summed E-state index contributed by atoms with van der Waals surface area (Å²) in [6, 6.07) is 4.33. The molecule has 5 nitrogen and oxygen atoms in total. The van der Waals surface area contributed by atoms with Gasteiger partial charge >= 0.3 is 0 Å². The number of nitrogens with zero attached hydrogens (tertiary/aromatic N) is 1. The van der Waals surface area contributed by atoms with Gasteiger partial charge in [-0.25, -0.2) is 0 Å². The molecule has 2 rings (SSSR count). The molecule has 2 aromatic rings. The zero-order valence-electron chi connectivity index (χ0n) is 12.1. The fourth-order valence-corrected chi connectivity index (χ4v) is 4.01. The van der Waals surface area contributed by atoms with Gasteiger partial charge in [0.05, 0.1) is 0 Å². The van der Waals surface area contributed by atoms with Gasteiger partial charge in [0.25, 0.3) is 10.9 Å². The van der Waals surface area contributed by atoms with Crippen molar-refractivity contribution in [3.05, 3.63) is 42.3 Å². The van der Waals surface area contributed by atoms with Crippen molar-refractivity contribution in [3.63, 3.8) is 0 Å². The van der Waals surface area contributed by atoms with Gasteiger partial charge in [-0.1, -0.05) is 0 Å². The van der Waals surface area contributed by atoms with Gasteiger partial charge in [0.2, 0.25) is 0 Å². The van der Waals surface area contributed by atoms with E-state index in [1.807, 2.05) is 11.3 Å². The third-order valence-corrected chi connectivity index (χ3v) is 5.19. The van der Waals surface area contributed by atoms with E-state index in [2.05, 4.69) is 36.4 Å². The molecule has 0 fully saturated rings. The first-order valence-electron chi connectivity index (χ1n) is 6.61. The lowest BCUT2D eigenvalue weighted by molar-refractivity contribution is 0.406. The summed E-state index contributed by atoms with van der Waals surface area (Å²) in [7, 11) is 4.12. The number of thiophene rings is 1. The van der Waals surface area contributed by atoms with Crippen LogP contribution in [0, 0.1) is 0 Å². The minimum atomic E-state index is -0.572. The highest BCUT2D eigenvalue weighted by molar-refractivity contribution is 7.98. The first kappa shape index (κ1) is 16.1. The van der Waals surface area contributed by atoms with Crippen molar-refractivity contribution in [2.45, 2.75) is 12.3 Å². The van der Waals surface area contributed by atoms with Crippen LogP contribution in [0.1, 0.15) is 9.75 Å². The minimum absolute atomic E-state index is 0.0663. The van der Waals surface area contributed by atoms with Crippen LogP contribution in [0.15, 0.2) is 21.7 Å². The van der Waals surface area contributed by atoms with Crippen LogP contribution in [0.2, 0.25) is 0 Å². The van der Waals surface area contributed by atoms with Crippen molar-refractivity contribution >= 4 is 34.5 Å². The van der Waals surface area contributed by atoms with Gasteiger partial charge in [0.15, 0.2) is 0 Å². The van der Waals surface area contributed by atoms with Gasteiger partial charge in [0, 0.05) is 34.3 Å². The number of nitrogens with one attached hydrogen (secondary N) is 1. The average molecular weight is 325 g/mol. The van der Waals surface area contributed by atoms with E-state index in [1.54, 1.807) is 11.8 Å². The Balaban J connectivity index is 1.67. The third-order valence-electron chi connectivity index (χ3n) is 2.93. The van der Waals surface area contributed by atoms with E-state index in [9.17, 15) is 9.59 Å². The topological polar surface area (TPSA) is 75.4 Å². The Morgan fingerprint density at radius 2 is 1.95 bits per heavy atom. The fourth-order valence-electron chi connectivity index (χ4n) is 1.90. The highest BCUT2D eigenvalue weighted by Gasteiger charge is 2.16. The Labute approximate surface area is 131 Å². The predicted molar refractivity (Wildman–Crippen MR) is 92.1 cm³/mol. The second-order valence-corrected chi connectivity index (χ2v) is 7.39. The fraction of sp³-hybridized carbons (Fsp3) is 0.429. The van der Waals surface area contributed by atoms with Crippen molar-refractivity contribution in [2.75, 3.05) is 37.4 Å². The molecule has 0 aliphatic carbocycles.